The number of fused-ring (bicyclic) bond motifs is 5. The lowest BCUT2D eigenvalue weighted by atomic mass is 9.74. The van der Waals surface area contributed by atoms with Crippen LogP contribution in [0.5, 0.6) is 23.0 Å². The molecule has 2 heterocycles. The van der Waals surface area contributed by atoms with Crippen molar-refractivity contribution in [3.05, 3.63) is 62.7 Å². The Bertz CT molecular complexity index is 1370. The summed E-state index contributed by atoms with van der Waals surface area (Å²) in [6.45, 7) is 0. The van der Waals surface area contributed by atoms with E-state index in [9.17, 15) is 15.0 Å². The summed E-state index contributed by atoms with van der Waals surface area (Å²) < 4.78 is 11.4. The van der Waals surface area contributed by atoms with Crippen LogP contribution < -0.4 is 4.74 Å². The van der Waals surface area contributed by atoms with Gasteiger partial charge in [-0.2, -0.15) is 0 Å². The van der Waals surface area contributed by atoms with Crippen LogP contribution in [0.15, 0.2) is 39.4 Å². The molecule has 1 aliphatic carbocycles. The standard InChI is InChI=1S/C20H6Cl5I3O5/c21-6-3-5-15(12(27)13(6)30)32-14-4(1-2-7(29)11(14)26)19(5)16-8(18(31)33-19)9(22)10(23)17(24)20(16,25)28/h1-3,9,29-30H. The van der Waals surface area contributed by atoms with E-state index in [2.05, 4.69) is 0 Å². The highest BCUT2D eigenvalue weighted by Gasteiger charge is 2.64. The molecule has 0 bridgehead atoms. The van der Waals surface area contributed by atoms with Crippen molar-refractivity contribution >= 4 is 132 Å². The Hall–Kier alpha value is 0.430. The molecule has 5 rings (SSSR count). The number of benzene rings is 2. The number of phenolic OH excluding ortho intramolecular Hbond substituents is 2. The number of aromatic hydroxyl groups is 2. The SMILES string of the molecule is O=C1OC2(C3=C1C(Cl)C(Cl)=C(Cl)C3(Cl)I)c1ccc(O)c(I)c1Oc1c2cc(Cl)c(O)c1I. The first-order valence-electron chi connectivity index (χ1n) is 8.82. The van der Waals surface area contributed by atoms with Crippen LogP contribution in [0, 0.1) is 7.14 Å². The molecular formula is C20H6Cl5I3O5. The zero-order chi connectivity index (χ0) is 24.2. The van der Waals surface area contributed by atoms with Crippen LogP contribution in [0.3, 0.4) is 0 Å². The minimum atomic E-state index is -1.67. The monoisotopic (exact) mass is 882 g/mol. The number of esters is 1. The molecule has 2 aromatic carbocycles. The lowest BCUT2D eigenvalue weighted by Gasteiger charge is -2.43. The van der Waals surface area contributed by atoms with E-state index >= 15 is 0 Å². The predicted octanol–water partition coefficient (Wildman–Crippen LogP) is 7.84. The summed E-state index contributed by atoms with van der Waals surface area (Å²) in [5.41, 5.74) is -0.678. The first-order chi connectivity index (χ1) is 15.4. The number of carbonyl (C=O) groups excluding carboxylic acids is 1. The fourth-order valence-electron chi connectivity index (χ4n) is 4.16. The Morgan fingerprint density at radius 2 is 1.67 bits per heavy atom. The van der Waals surface area contributed by atoms with Gasteiger partial charge in [-0.1, -0.05) is 46.4 Å². The lowest BCUT2D eigenvalue weighted by Crippen LogP contribution is -2.41. The molecule has 0 amide bonds. The molecule has 3 atom stereocenters. The Morgan fingerprint density at radius 1 is 1.03 bits per heavy atom. The molecule has 0 fully saturated rings. The zero-order valence-electron chi connectivity index (χ0n) is 15.5. The number of hydrogen-bond acceptors (Lipinski definition) is 5. The van der Waals surface area contributed by atoms with Gasteiger partial charge in [0.05, 0.1) is 33.4 Å². The quantitative estimate of drug-likeness (QED) is 0.160. The Kier molecular flexibility index (Phi) is 6.25. The van der Waals surface area contributed by atoms with Gasteiger partial charge in [0.25, 0.3) is 0 Å². The summed E-state index contributed by atoms with van der Waals surface area (Å²) in [5.74, 6) is -0.603. The van der Waals surface area contributed by atoms with Crippen molar-refractivity contribution in [2.75, 3.05) is 0 Å². The van der Waals surface area contributed by atoms with Gasteiger partial charge in [0.15, 0.2) is 25.7 Å². The maximum atomic E-state index is 13.3. The number of ether oxygens (including phenoxy) is 2. The van der Waals surface area contributed by atoms with Crippen LogP contribution in [0.25, 0.3) is 0 Å². The Labute approximate surface area is 252 Å². The van der Waals surface area contributed by atoms with Crippen LogP contribution in [0.4, 0.5) is 0 Å². The number of phenols is 2. The Morgan fingerprint density at radius 3 is 2.33 bits per heavy atom. The third-order valence-corrected chi connectivity index (χ3v) is 11.3. The van der Waals surface area contributed by atoms with E-state index in [1.54, 1.807) is 6.07 Å². The molecule has 2 N–H and O–H groups in total. The van der Waals surface area contributed by atoms with Gasteiger partial charge in [0.2, 0.25) is 0 Å². The summed E-state index contributed by atoms with van der Waals surface area (Å²) >= 11 is 38.4. The number of carbonyl (C=O) groups is 1. The van der Waals surface area contributed by atoms with Crippen molar-refractivity contribution in [2.24, 2.45) is 0 Å². The Balaban J connectivity index is 1.99. The number of allylic oxidation sites excluding steroid dienone is 2. The first-order valence-corrected chi connectivity index (χ1v) is 14.0. The van der Waals surface area contributed by atoms with E-state index in [4.69, 9.17) is 67.5 Å². The smallest absolute Gasteiger partial charge is 0.337 e. The number of alkyl halides is 3. The summed E-state index contributed by atoms with van der Waals surface area (Å²) in [5, 5.41) is 19.8. The second-order valence-electron chi connectivity index (χ2n) is 7.23. The van der Waals surface area contributed by atoms with E-state index in [0.29, 0.717) is 14.7 Å². The maximum Gasteiger partial charge on any atom is 0.337 e. The van der Waals surface area contributed by atoms with Crippen molar-refractivity contribution in [2.45, 2.75) is 13.9 Å². The van der Waals surface area contributed by atoms with Crippen molar-refractivity contribution in [3.8, 4) is 23.0 Å². The minimum Gasteiger partial charge on any atom is -0.507 e. The normalized spacial score (nSPS) is 27.9. The highest BCUT2D eigenvalue weighted by Crippen LogP contribution is 2.67. The molecule has 5 nitrogen and oxygen atoms in total. The molecule has 1 spiro atoms. The molecule has 172 valence electrons. The van der Waals surface area contributed by atoms with Gasteiger partial charge in [0.1, 0.15) is 11.1 Å². The van der Waals surface area contributed by atoms with Crippen molar-refractivity contribution in [3.63, 3.8) is 0 Å². The third-order valence-electron chi connectivity index (χ3n) is 5.55. The van der Waals surface area contributed by atoms with Crippen LogP contribution in [0.2, 0.25) is 5.02 Å². The predicted molar refractivity (Wildman–Crippen MR) is 152 cm³/mol. The van der Waals surface area contributed by atoms with E-state index in [0.717, 1.165) is 0 Å². The van der Waals surface area contributed by atoms with Gasteiger partial charge in [-0.15, -0.1) is 11.6 Å². The van der Waals surface area contributed by atoms with Crippen LogP contribution in [0.1, 0.15) is 11.1 Å². The topological polar surface area (TPSA) is 76.0 Å². The number of halogens is 8. The van der Waals surface area contributed by atoms with Gasteiger partial charge in [-0.3, -0.25) is 0 Å². The number of rotatable bonds is 0. The highest BCUT2D eigenvalue weighted by atomic mass is 127. The van der Waals surface area contributed by atoms with E-state index in [-0.39, 0.29) is 52.8 Å². The van der Waals surface area contributed by atoms with Crippen molar-refractivity contribution in [1.82, 2.24) is 0 Å². The average Bonchev–Trinajstić information content (AvgIpc) is 3.07. The molecule has 0 saturated heterocycles. The second kappa shape index (κ2) is 8.22. The largest absolute Gasteiger partial charge is 0.507 e. The molecule has 0 saturated carbocycles. The summed E-state index contributed by atoms with van der Waals surface area (Å²) in [4.78, 5) is 13.3. The van der Waals surface area contributed by atoms with Crippen LogP contribution in [-0.4, -0.2) is 24.4 Å². The van der Waals surface area contributed by atoms with Gasteiger partial charge in [-0.25, -0.2) is 4.79 Å². The molecule has 3 unspecified atom stereocenters. The van der Waals surface area contributed by atoms with Crippen LogP contribution >= 0.6 is 126 Å². The summed E-state index contributed by atoms with van der Waals surface area (Å²) in [6, 6.07) is 4.46. The first kappa shape index (κ1) is 25.1. The summed E-state index contributed by atoms with van der Waals surface area (Å²) in [7, 11) is 0. The third kappa shape index (κ3) is 3.23. The fourth-order valence-corrected chi connectivity index (χ4v) is 8.11. The highest BCUT2D eigenvalue weighted by molar-refractivity contribution is 14.1. The number of hydrogen-bond donors (Lipinski definition) is 2. The molecule has 0 aromatic heterocycles. The molecule has 2 aromatic rings. The molecule has 0 radical (unpaired) electrons. The van der Waals surface area contributed by atoms with Crippen molar-refractivity contribution < 1.29 is 24.5 Å². The molecule has 3 aliphatic rings. The van der Waals surface area contributed by atoms with Gasteiger partial charge >= 0.3 is 5.97 Å². The minimum absolute atomic E-state index is 0.00897. The molecule has 33 heavy (non-hydrogen) atoms. The maximum absolute atomic E-state index is 13.3. The molecular weight excluding hydrogens is 878 g/mol. The van der Waals surface area contributed by atoms with E-state index in [1.165, 1.54) is 12.1 Å². The summed E-state index contributed by atoms with van der Waals surface area (Å²) in [6.07, 6.45) is 0. The fraction of sp³-hybridized carbons (Fsp3) is 0.150. The van der Waals surface area contributed by atoms with Gasteiger partial charge in [0, 0.05) is 11.1 Å². The average molecular weight is 884 g/mol. The van der Waals surface area contributed by atoms with Gasteiger partial charge in [-0.05, 0) is 86.0 Å². The molecule has 13 heteroatoms. The van der Waals surface area contributed by atoms with Gasteiger partial charge < -0.3 is 19.7 Å². The van der Waals surface area contributed by atoms with E-state index < -0.39 is 19.8 Å². The second-order valence-corrected chi connectivity index (χ2v) is 13.8. The lowest BCUT2D eigenvalue weighted by molar-refractivity contribution is -0.145. The van der Waals surface area contributed by atoms with E-state index in [1.807, 2.05) is 67.8 Å². The van der Waals surface area contributed by atoms with Crippen LogP contribution in [-0.2, 0) is 15.1 Å². The van der Waals surface area contributed by atoms with Crippen molar-refractivity contribution in [1.29, 1.82) is 0 Å². The zero-order valence-corrected chi connectivity index (χ0v) is 25.7. The molecule has 2 aliphatic heterocycles.